The Balaban J connectivity index is 2.66. The first-order valence-electron chi connectivity index (χ1n) is 4.55. The van der Waals surface area contributed by atoms with E-state index in [-0.39, 0.29) is 0 Å². The van der Waals surface area contributed by atoms with Crippen LogP contribution in [0.5, 0.6) is 0 Å². The van der Waals surface area contributed by atoms with E-state index in [4.69, 9.17) is 0 Å². The maximum atomic E-state index is 11.5. The summed E-state index contributed by atoms with van der Waals surface area (Å²) in [5.41, 5.74) is 0. The zero-order valence-corrected chi connectivity index (χ0v) is 9.95. The van der Waals surface area contributed by atoms with E-state index in [1.54, 1.807) is 6.92 Å². The molecular weight excluding hydrogens is 234 g/mol. The van der Waals surface area contributed by atoms with Gasteiger partial charge in [-0.2, -0.15) is 5.21 Å². The molecule has 0 spiro atoms. The van der Waals surface area contributed by atoms with Gasteiger partial charge in [-0.25, -0.2) is 8.42 Å². The summed E-state index contributed by atoms with van der Waals surface area (Å²) in [5, 5.41) is 14.3. The molecule has 0 aromatic carbocycles. The fourth-order valence-corrected chi connectivity index (χ4v) is 1.40. The molecule has 16 heavy (non-hydrogen) atoms. The highest BCUT2D eigenvalue weighted by Crippen LogP contribution is 2.05. The number of nitrogens with zero attached hydrogens (tertiary/aromatic N) is 3. The van der Waals surface area contributed by atoms with Gasteiger partial charge in [0.15, 0.2) is 15.7 Å². The highest BCUT2D eigenvalue weighted by molar-refractivity contribution is 7.92. The van der Waals surface area contributed by atoms with Crippen LogP contribution in [-0.2, 0) is 14.6 Å². The van der Waals surface area contributed by atoms with Crippen molar-refractivity contribution in [1.82, 2.24) is 25.9 Å². The Morgan fingerprint density at radius 2 is 2.06 bits per heavy atom. The molecule has 0 aliphatic rings. The van der Waals surface area contributed by atoms with Crippen LogP contribution in [-0.4, -0.2) is 46.5 Å². The molecule has 0 bridgehead atoms. The quantitative estimate of drug-likeness (QED) is 0.690. The van der Waals surface area contributed by atoms with Crippen molar-refractivity contribution >= 4 is 15.7 Å². The van der Waals surface area contributed by atoms with Crippen LogP contribution in [0.1, 0.15) is 25.7 Å². The molecule has 0 aliphatic heterocycles. The Labute approximate surface area is 92.7 Å². The summed E-state index contributed by atoms with van der Waals surface area (Å²) in [6.45, 7) is 2.96. The standard InChI is InChI=1S/C7H13N5O3S/c1-4(6-9-11-12-10-6)8-7(13)5(2)16(3,14)15/h4-5H,1-3H3,(H,8,13)(H,9,10,11,12). The highest BCUT2D eigenvalue weighted by atomic mass is 32.2. The lowest BCUT2D eigenvalue weighted by molar-refractivity contribution is -0.121. The second-order valence-electron chi connectivity index (χ2n) is 3.47. The Hall–Kier alpha value is -1.51. The van der Waals surface area contributed by atoms with Crippen molar-refractivity contribution in [3.8, 4) is 0 Å². The third kappa shape index (κ3) is 2.99. The van der Waals surface area contributed by atoms with Crippen LogP contribution in [0.4, 0.5) is 0 Å². The number of carbonyl (C=O) groups is 1. The van der Waals surface area contributed by atoms with E-state index in [1.807, 2.05) is 0 Å². The molecule has 1 amide bonds. The summed E-state index contributed by atoms with van der Waals surface area (Å²) in [6.07, 6.45) is 1.01. The molecule has 2 unspecified atom stereocenters. The number of H-pyrrole nitrogens is 1. The smallest absolute Gasteiger partial charge is 0.238 e. The lowest BCUT2D eigenvalue weighted by Gasteiger charge is -2.13. The molecule has 0 saturated carbocycles. The van der Waals surface area contributed by atoms with Crippen LogP contribution in [0.15, 0.2) is 0 Å². The fraction of sp³-hybridized carbons (Fsp3) is 0.714. The number of hydrogen-bond donors (Lipinski definition) is 2. The second-order valence-corrected chi connectivity index (χ2v) is 5.84. The topological polar surface area (TPSA) is 118 Å². The number of sulfone groups is 1. The molecular formula is C7H13N5O3S. The zero-order chi connectivity index (χ0) is 12.3. The van der Waals surface area contributed by atoms with E-state index >= 15 is 0 Å². The van der Waals surface area contributed by atoms with E-state index in [9.17, 15) is 13.2 Å². The van der Waals surface area contributed by atoms with Gasteiger partial charge in [-0.15, -0.1) is 10.2 Å². The second kappa shape index (κ2) is 4.56. The van der Waals surface area contributed by atoms with Gasteiger partial charge in [0.05, 0.1) is 6.04 Å². The van der Waals surface area contributed by atoms with Crippen molar-refractivity contribution in [3.63, 3.8) is 0 Å². The summed E-state index contributed by atoms with van der Waals surface area (Å²) in [7, 11) is -3.39. The fourth-order valence-electron chi connectivity index (χ4n) is 0.943. The van der Waals surface area contributed by atoms with Gasteiger partial charge < -0.3 is 5.32 Å². The summed E-state index contributed by atoms with van der Waals surface area (Å²) < 4.78 is 22.3. The van der Waals surface area contributed by atoms with Crippen molar-refractivity contribution in [2.24, 2.45) is 0 Å². The molecule has 2 N–H and O–H groups in total. The van der Waals surface area contributed by atoms with E-state index < -0.39 is 27.0 Å². The Morgan fingerprint density at radius 1 is 1.44 bits per heavy atom. The van der Waals surface area contributed by atoms with Crippen LogP contribution in [0.3, 0.4) is 0 Å². The lowest BCUT2D eigenvalue weighted by atomic mass is 10.3. The predicted molar refractivity (Wildman–Crippen MR) is 55.0 cm³/mol. The minimum absolute atomic E-state index is 0.300. The number of aromatic nitrogens is 4. The number of rotatable bonds is 4. The minimum atomic E-state index is -3.39. The van der Waals surface area contributed by atoms with Gasteiger partial charge in [0.1, 0.15) is 5.25 Å². The van der Waals surface area contributed by atoms with Gasteiger partial charge in [0, 0.05) is 6.26 Å². The number of carbonyl (C=O) groups excluding carboxylic acids is 1. The summed E-state index contributed by atoms with van der Waals surface area (Å²) >= 11 is 0. The number of hydrogen-bond acceptors (Lipinski definition) is 6. The Bertz CT molecular complexity index is 454. The van der Waals surface area contributed by atoms with Crippen LogP contribution in [0, 0.1) is 0 Å². The molecule has 0 radical (unpaired) electrons. The molecule has 0 saturated heterocycles. The molecule has 1 heterocycles. The van der Waals surface area contributed by atoms with Crippen molar-refractivity contribution in [2.45, 2.75) is 25.1 Å². The number of nitrogens with one attached hydrogen (secondary N) is 2. The predicted octanol–water partition coefficient (Wildman–Crippen LogP) is -1.19. The molecule has 90 valence electrons. The minimum Gasteiger partial charge on any atom is -0.345 e. The third-order valence-corrected chi connectivity index (χ3v) is 3.62. The summed E-state index contributed by atoms with van der Waals surface area (Å²) in [4.78, 5) is 11.5. The average Bonchev–Trinajstić information content (AvgIpc) is 2.67. The van der Waals surface area contributed by atoms with E-state index in [1.165, 1.54) is 6.92 Å². The number of aromatic amines is 1. The molecule has 0 fully saturated rings. The maximum absolute atomic E-state index is 11.5. The first kappa shape index (κ1) is 12.6. The van der Waals surface area contributed by atoms with Crippen LogP contribution < -0.4 is 5.32 Å². The van der Waals surface area contributed by atoms with E-state index in [2.05, 4.69) is 25.9 Å². The van der Waals surface area contributed by atoms with Gasteiger partial charge in [-0.3, -0.25) is 4.79 Å². The number of amides is 1. The number of tetrazole rings is 1. The van der Waals surface area contributed by atoms with Gasteiger partial charge in [-0.1, -0.05) is 5.21 Å². The largest absolute Gasteiger partial charge is 0.345 e. The van der Waals surface area contributed by atoms with Crippen molar-refractivity contribution in [1.29, 1.82) is 0 Å². The molecule has 0 aliphatic carbocycles. The molecule has 8 nitrogen and oxygen atoms in total. The zero-order valence-electron chi connectivity index (χ0n) is 9.13. The van der Waals surface area contributed by atoms with E-state index in [0.717, 1.165) is 6.26 Å². The SMILES string of the molecule is CC(NC(=O)C(C)S(C)(=O)=O)c1nn[nH]n1. The normalized spacial score (nSPS) is 15.4. The molecule has 9 heteroatoms. The summed E-state index contributed by atoms with van der Waals surface area (Å²) in [5.74, 6) is -0.283. The van der Waals surface area contributed by atoms with Crippen molar-refractivity contribution in [3.05, 3.63) is 5.82 Å². The first-order chi connectivity index (χ1) is 7.32. The van der Waals surface area contributed by atoms with Crippen LogP contribution in [0.2, 0.25) is 0 Å². The van der Waals surface area contributed by atoms with Gasteiger partial charge in [0.2, 0.25) is 5.91 Å². The maximum Gasteiger partial charge on any atom is 0.238 e. The van der Waals surface area contributed by atoms with Gasteiger partial charge >= 0.3 is 0 Å². The average molecular weight is 247 g/mol. The van der Waals surface area contributed by atoms with Crippen LogP contribution in [0.25, 0.3) is 0 Å². The monoisotopic (exact) mass is 247 g/mol. The Morgan fingerprint density at radius 3 is 2.50 bits per heavy atom. The molecule has 2 atom stereocenters. The molecule has 1 rings (SSSR count). The highest BCUT2D eigenvalue weighted by Gasteiger charge is 2.25. The van der Waals surface area contributed by atoms with Crippen molar-refractivity contribution < 1.29 is 13.2 Å². The van der Waals surface area contributed by atoms with E-state index in [0.29, 0.717) is 5.82 Å². The first-order valence-corrected chi connectivity index (χ1v) is 6.50. The lowest BCUT2D eigenvalue weighted by Crippen LogP contribution is -2.39. The van der Waals surface area contributed by atoms with Gasteiger partial charge in [0.25, 0.3) is 0 Å². The molecule has 1 aromatic rings. The third-order valence-electron chi connectivity index (χ3n) is 2.12. The molecule has 1 aromatic heterocycles. The van der Waals surface area contributed by atoms with Gasteiger partial charge in [-0.05, 0) is 13.8 Å². The van der Waals surface area contributed by atoms with Crippen LogP contribution >= 0.6 is 0 Å². The van der Waals surface area contributed by atoms with Crippen molar-refractivity contribution in [2.75, 3.05) is 6.26 Å². The Kier molecular flexibility index (Phi) is 3.58. The summed E-state index contributed by atoms with van der Waals surface area (Å²) in [6, 6.07) is -0.490.